The fourth-order valence-electron chi connectivity index (χ4n) is 1.95. The first-order valence-corrected chi connectivity index (χ1v) is 7.64. The molecule has 0 spiro atoms. The summed E-state index contributed by atoms with van der Waals surface area (Å²) in [5, 5.41) is 8.70. The minimum atomic E-state index is -0.295. The van der Waals surface area contributed by atoms with E-state index in [0.717, 1.165) is 5.56 Å². The van der Waals surface area contributed by atoms with Crippen LogP contribution in [0.4, 0.5) is 10.1 Å². The van der Waals surface area contributed by atoms with E-state index in [-0.39, 0.29) is 18.3 Å². The van der Waals surface area contributed by atoms with Crippen LogP contribution in [-0.4, -0.2) is 29.9 Å². The maximum atomic E-state index is 13.2. The summed E-state index contributed by atoms with van der Waals surface area (Å²) < 4.78 is 13.2. The molecule has 0 saturated heterocycles. The lowest BCUT2D eigenvalue weighted by Gasteiger charge is -2.11. The number of aliphatic imine (C=N–C) groups is 1. The Bertz CT molecular complexity index is 690. The molecule has 3 N–H and O–H groups in total. The molecule has 0 bridgehead atoms. The van der Waals surface area contributed by atoms with Gasteiger partial charge in [-0.25, -0.2) is 9.38 Å². The number of benzene rings is 1. The van der Waals surface area contributed by atoms with Crippen molar-refractivity contribution in [3.05, 3.63) is 60.2 Å². The molecule has 0 radical (unpaired) electrons. The lowest BCUT2D eigenvalue weighted by molar-refractivity contribution is -0.115. The number of anilines is 1. The molecular formula is C17H20FN5O. The predicted molar refractivity (Wildman–Crippen MR) is 92.1 cm³/mol. The molecule has 1 aromatic heterocycles. The van der Waals surface area contributed by atoms with E-state index in [2.05, 4.69) is 25.9 Å². The maximum absolute atomic E-state index is 13.2. The molecule has 0 aliphatic heterocycles. The molecule has 1 heterocycles. The highest BCUT2D eigenvalue weighted by Gasteiger charge is 2.04. The number of hydrogen-bond acceptors (Lipinski definition) is 3. The third-order valence-corrected chi connectivity index (χ3v) is 3.01. The molecule has 0 aliphatic carbocycles. The number of nitrogens with zero attached hydrogens (tertiary/aromatic N) is 2. The van der Waals surface area contributed by atoms with Gasteiger partial charge in [0, 0.05) is 12.7 Å². The number of guanidine groups is 1. The van der Waals surface area contributed by atoms with Crippen LogP contribution in [0.15, 0.2) is 53.8 Å². The van der Waals surface area contributed by atoms with E-state index in [4.69, 9.17) is 0 Å². The second kappa shape index (κ2) is 9.24. The van der Waals surface area contributed by atoms with Crippen molar-refractivity contribution in [1.29, 1.82) is 0 Å². The minimum absolute atomic E-state index is 0.0594. The fourth-order valence-corrected chi connectivity index (χ4v) is 1.95. The van der Waals surface area contributed by atoms with E-state index in [0.29, 0.717) is 24.7 Å². The highest BCUT2D eigenvalue weighted by molar-refractivity contribution is 5.94. The van der Waals surface area contributed by atoms with Crippen LogP contribution in [0.3, 0.4) is 0 Å². The Morgan fingerprint density at radius 2 is 2.12 bits per heavy atom. The van der Waals surface area contributed by atoms with Crippen molar-refractivity contribution in [2.45, 2.75) is 13.5 Å². The van der Waals surface area contributed by atoms with Crippen molar-refractivity contribution in [2.75, 3.05) is 18.4 Å². The van der Waals surface area contributed by atoms with Gasteiger partial charge in [0.2, 0.25) is 5.91 Å². The van der Waals surface area contributed by atoms with E-state index in [9.17, 15) is 9.18 Å². The number of amides is 1. The van der Waals surface area contributed by atoms with Crippen LogP contribution in [0.2, 0.25) is 0 Å². The first-order valence-electron chi connectivity index (χ1n) is 7.64. The summed E-state index contributed by atoms with van der Waals surface area (Å²) in [4.78, 5) is 20.2. The number of pyridine rings is 1. The number of carbonyl (C=O) groups excluding carboxylic acids is 1. The van der Waals surface area contributed by atoms with Gasteiger partial charge in [-0.2, -0.15) is 0 Å². The number of hydrogen-bond donors (Lipinski definition) is 3. The fraction of sp³-hybridized carbons (Fsp3) is 0.235. The Hall–Kier alpha value is -2.96. The first kappa shape index (κ1) is 17.4. The molecule has 2 aromatic rings. The van der Waals surface area contributed by atoms with Crippen LogP contribution >= 0.6 is 0 Å². The number of nitrogens with one attached hydrogen (secondary N) is 3. The number of halogens is 1. The van der Waals surface area contributed by atoms with Gasteiger partial charge in [0.25, 0.3) is 0 Å². The Morgan fingerprint density at radius 3 is 2.83 bits per heavy atom. The van der Waals surface area contributed by atoms with E-state index in [1.54, 1.807) is 36.7 Å². The van der Waals surface area contributed by atoms with Gasteiger partial charge in [0.1, 0.15) is 5.82 Å². The summed E-state index contributed by atoms with van der Waals surface area (Å²) in [7, 11) is 0. The molecule has 24 heavy (non-hydrogen) atoms. The van der Waals surface area contributed by atoms with Gasteiger partial charge in [0.05, 0.1) is 25.0 Å². The molecule has 0 fully saturated rings. The summed E-state index contributed by atoms with van der Waals surface area (Å²) in [5.41, 5.74) is 1.39. The minimum Gasteiger partial charge on any atom is -0.357 e. The second-order valence-corrected chi connectivity index (χ2v) is 4.97. The molecule has 6 nitrogen and oxygen atoms in total. The maximum Gasteiger partial charge on any atom is 0.243 e. The van der Waals surface area contributed by atoms with Crippen LogP contribution in [0.1, 0.15) is 12.5 Å². The number of carbonyl (C=O) groups is 1. The summed E-state index contributed by atoms with van der Waals surface area (Å²) in [6, 6.07) is 9.76. The zero-order chi connectivity index (χ0) is 17.2. The topological polar surface area (TPSA) is 78.4 Å². The predicted octanol–water partition coefficient (Wildman–Crippen LogP) is 1.91. The smallest absolute Gasteiger partial charge is 0.243 e. The van der Waals surface area contributed by atoms with Gasteiger partial charge in [-0.15, -0.1) is 0 Å². The number of aromatic nitrogens is 1. The van der Waals surface area contributed by atoms with Crippen LogP contribution in [0.25, 0.3) is 0 Å². The molecule has 0 saturated carbocycles. The lowest BCUT2D eigenvalue weighted by Crippen LogP contribution is -2.41. The van der Waals surface area contributed by atoms with E-state index < -0.39 is 0 Å². The molecule has 2 rings (SSSR count). The van der Waals surface area contributed by atoms with Crippen molar-refractivity contribution in [1.82, 2.24) is 15.6 Å². The SMILES string of the molecule is CCNC(=NCc1cccc(F)c1)NCC(=O)Nc1cccnc1. The first-order chi connectivity index (χ1) is 11.7. The normalized spacial score (nSPS) is 11.0. The van der Waals surface area contributed by atoms with Crippen LogP contribution in [0.5, 0.6) is 0 Å². The standard InChI is InChI=1S/C17H20FN5O/c1-2-20-17(21-10-13-5-3-6-14(18)9-13)22-12-16(24)23-15-7-4-8-19-11-15/h3-9,11H,2,10,12H2,1H3,(H,23,24)(H2,20,21,22). The highest BCUT2D eigenvalue weighted by Crippen LogP contribution is 2.04. The molecule has 0 atom stereocenters. The van der Waals surface area contributed by atoms with E-state index in [1.165, 1.54) is 12.1 Å². The monoisotopic (exact) mass is 329 g/mol. The Balaban J connectivity index is 1.88. The molecule has 0 aliphatic rings. The van der Waals surface area contributed by atoms with Crippen LogP contribution in [-0.2, 0) is 11.3 Å². The third kappa shape index (κ3) is 6.04. The van der Waals surface area contributed by atoms with Gasteiger partial charge >= 0.3 is 0 Å². The zero-order valence-corrected chi connectivity index (χ0v) is 13.4. The highest BCUT2D eigenvalue weighted by atomic mass is 19.1. The quantitative estimate of drug-likeness (QED) is 0.559. The van der Waals surface area contributed by atoms with Gasteiger partial charge < -0.3 is 16.0 Å². The van der Waals surface area contributed by atoms with E-state index in [1.807, 2.05) is 6.92 Å². The van der Waals surface area contributed by atoms with Crippen molar-refractivity contribution in [3.8, 4) is 0 Å². The molecule has 126 valence electrons. The lowest BCUT2D eigenvalue weighted by atomic mass is 10.2. The zero-order valence-electron chi connectivity index (χ0n) is 13.4. The molecule has 7 heteroatoms. The second-order valence-electron chi connectivity index (χ2n) is 4.97. The van der Waals surface area contributed by atoms with Crippen molar-refractivity contribution >= 4 is 17.6 Å². The van der Waals surface area contributed by atoms with Crippen molar-refractivity contribution in [2.24, 2.45) is 4.99 Å². The summed E-state index contributed by atoms with van der Waals surface area (Å²) in [6.07, 6.45) is 3.21. The van der Waals surface area contributed by atoms with Gasteiger partial charge in [0.15, 0.2) is 5.96 Å². The molecule has 1 aromatic carbocycles. The van der Waals surface area contributed by atoms with Gasteiger partial charge in [-0.3, -0.25) is 9.78 Å². The molecule has 0 unspecified atom stereocenters. The molecule has 1 amide bonds. The Labute approximate surface area is 140 Å². The van der Waals surface area contributed by atoms with Crippen LogP contribution in [0, 0.1) is 5.82 Å². The Kier molecular flexibility index (Phi) is 6.70. The summed E-state index contributed by atoms with van der Waals surface area (Å²) >= 11 is 0. The van der Waals surface area contributed by atoms with Crippen molar-refractivity contribution < 1.29 is 9.18 Å². The average molecular weight is 329 g/mol. The summed E-state index contributed by atoms with van der Waals surface area (Å²) in [5.74, 6) is -0.0148. The third-order valence-electron chi connectivity index (χ3n) is 3.01. The summed E-state index contributed by atoms with van der Waals surface area (Å²) in [6.45, 7) is 2.95. The van der Waals surface area contributed by atoms with Crippen LogP contribution < -0.4 is 16.0 Å². The van der Waals surface area contributed by atoms with Gasteiger partial charge in [-0.1, -0.05) is 12.1 Å². The molecular weight excluding hydrogens is 309 g/mol. The average Bonchev–Trinajstić information content (AvgIpc) is 2.58. The largest absolute Gasteiger partial charge is 0.357 e. The van der Waals surface area contributed by atoms with Crippen molar-refractivity contribution in [3.63, 3.8) is 0 Å². The van der Waals surface area contributed by atoms with Gasteiger partial charge in [-0.05, 0) is 36.8 Å². The number of rotatable bonds is 6. The Morgan fingerprint density at radius 1 is 1.25 bits per heavy atom. The van der Waals surface area contributed by atoms with E-state index >= 15 is 0 Å².